The van der Waals surface area contributed by atoms with Crippen LogP contribution < -0.4 is 9.64 Å². The van der Waals surface area contributed by atoms with Gasteiger partial charge in [0.25, 0.3) is 0 Å². The van der Waals surface area contributed by atoms with E-state index in [9.17, 15) is 16.8 Å². The minimum absolute atomic E-state index is 0.0223. The van der Waals surface area contributed by atoms with Crippen LogP contribution in [-0.2, 0) is 19.9 Å². The highest BCUT2D eigenvalue weighted by molar-refractivity contribution is 7.90. The summed E-state index contributed by atoms with van der Waals surface area (Å²) in [6, 6.07) is 13.0. The molecule has 1 aliphatic heterocycles. The van der Waals surface area contributed by atoms with Gasteiger partial charge in [-0.25, -0.2) is 16.8 Å². The third-order valence-corrected chi connectivity index (χ3v) is 7.87. The van der Waals surface area contributed by atoms with E-state index in [4.69, 9.17) is 4.74 Å². The molecule has 0 aliphatic carbocycles. The van der Waals surface area contributed by atoms with Gasteiger partial charge >= 0.3 is 0 Å². The molecule has 0 spiro atoms. The molecular weight excluding hydrogens is 400 g/mol. The molecule has 0 saturated carbocycles. The van der Waals surface area contributed by atoms with Gasteiger partial charge in [-0.2, -0.15) is 4.31 Å². The molecule has 0 radical (unpaired) electrons. The Hall–Kier alpha value is -2.10. The van der Waals surface area contributed by atoms with Crippen LogP contribution in [0.5, 0.6) is 5.75 Å². The van der Waals surface area contributed by atoms with E-state index >= 15 is 0 Å². The molecule has 0 aromatic heterocycles. The molecule has 1 atom stereocenters. The Balaban J connectivity index is 1.78. The lowest BCUT2D eigenvalue weighted by Gasteiger charge is -2.40. The molecule has 0 N–H and O–H groups in total. The second kappa shape index (κ2) is 7.73. The smallest absolute Gasteiger partial charge is 0.243 e. The number of anilines is 1. The van der Waals surface area contributed by atoms with E-state index < -0.39 is 19.9 Å². The summed E-state index contributed by atoms with van der Waals surface area (Å²) in [5.41, 5.74) is 0.987. The number of hydrogen-bond donors (Lipinski definition) is 0. The zero-order chi connectivity index (χ0) is 20.5. The lowest BCUT2D eigenvalue weighted by atomic mass is 10.1. The SMILES string of the molecule is COc1cccc(N2CCN(S(=O)(=O)c3ccc(S(C)(=O)=O)cc3)C[C@@H]2C)c1. The lowest BCUT2D eigenvalue weighted by molar-refractivity contribution is 0.342. The summed E-state index contributed by atoms with van der Waals surface area (Å²) in [5.74, 6) is 0.755. The van der Waals surface area contributed by atoms with Gasteiger partial charge in [0.2, 0.25) is 10.0 Å². The van der Waals surface area contributed by atoms with Gasteiger partial charge in [-0.1, -0.05) is 6.07 Å². The van der Waals surface area contributed by atoms with Crippen LogP contribution >= 0.6 is 0 Å². The highest BCUT2D eigenvalue weighted by atomic mass is 32.2. The maximum atomic E-state index is 13.0. The monoisotopic (exact) mass is 424 g/mol. The van der Waals surface area contributed by atoms with Crippen molar-refractivity contribution in [3.8, 4) is 5.75 Å². The van der Waals surface area contributed by atoms with E-state index in [0.29, 0.717) is 19.6 Å². The highest BCUT2D eigenvalue weighted by Crippen LogP contribution is 2.27. The molecule has 1 fully saturated rings. The Morgan fingerprint density at radius 1 is 0.964 bits per heavy atom. The number of ether oxygens (including phenoxy) is 1. The number of rotatable bonds is 5. The van der Waals surface area contributed by atoms with Crippen molar-refractivity contribution in [1.29, 1.82) is 0 Å². The normalized spacial score (nSPS) is 18.8. The molecular formula is C19H24N2O5S2. The Labute approximate surface area is 166 Å². The largest absolute Gasteiger partial charge is 0.497 e. The Morgan fingerprint density at radius 3 is 2.18 bits per heavy atom. The molecule has 2 aromatic carbocycles. The van der Waals surface area contributed by atoms with Crippen molar-refractivity contribution in [2.45, 2.75) is 22.8 Å². The van der Waals surface area contributed by atoms with E-state index in [2.05, 4.69) is 4.90 Å². The van der Waals surface area contributed by atoms with Crippen molar-refractivity contribution in [2.75, 3.05) is 37.9 Å². The summed E-state index contributed by atoms with van der Waals surface area (Å²) in [5, 5.41) is 0. The van der Waals surface area contributed by atoms with E-state index in [1.807, 2.05) is 31.2 Å². The molecule has 3 rings (SSSR count). The zero-order valence-electron chi connectivity index (χ0n) is 16.1. The van der Waals surface area contributed by atoms with E-state index in [1.54, 1.807) is 7.11 Å². The van der Waals surface area contributed by atoms with Gasteiger partial charge < -0.3 is 9.64 Å². The van der Waals surface area contributed by atoms with Crippen molar-refractivity contribution < 1.29 is 21.6 Å². The Bertz CT molecular complexity index is 1050. The molecule has 152 valence electrons. The average Bonchev–Trinajstić information content (AvgIpc) is 2.67. The zero-order valence-corrected chi connectivity index (χ0v) is 17.7. The van der Waals surface area contributed by atoms with Crippen molar-refractivity contribution in [2.24, 2.45) is 0 Å². The maximum absolute atomic E-state index is 13.0. The number of methoxy groups -OCH3 is 1. The fourth-order valence-electron chi connectivity index (χ4n) is 3.32. The molecule has 0 bridgehead atoms. The van der Waals surface area contributed by atoms with Crippen LogP contribution in [0.25, 0.3) is 0 Å². The fourth-order valence-corrected chi connectivity index (χ4v) is 5.47. The first-order valence-corrected chi connectivity index (χ1v) is 12.2. The molecule has 1 saturated heterocycles. The van der Waals surface area contributed by atoms with Crippen LogP contribution in [0.1, 0.15) is 6.92 Å². The molecule has 1 aliphatic rings. The van der Waals surface area contributed by atoms with E-state index in [1.165, 1.54) is 28.6 Å². The van der Waals surface area contributed by atoms with Gasteiger partial charge in [0.05, 0.1) is 16.9 Å². The van der Waals surface area contributed by atoms with Crippen molar-refractivity contribution in [3.63, 3.8) is 0 Å². The number of sulfone groups is 1. The van der Waals surface area contributed by atoms with Crippen LogP contribution in [0.15, 0.2) is 58.3 Å². The van der Waals surface area contributed by atoms with Gasteiger partial charge in [0.1, 0.15) is 5.75 Å². The van der Waals surface area contributed by atoms with Crippen LogP contribution in [0.3, 0.4) is 0 Å². The summed E-state index contributed by atoms with van der Waals surface area (Å²) in [7, 11) is -5.44. The fraction of sp³-hybridized carbons (Fsp3) is 0.368. The van der Waals surface area contributed by atoms with Crippen LogP contribution in [0.2, 0.25) is 0 Å². The summed E-state index contributed by atoms with van der Waals surface area (Å²) in [6.07, 6.45) is 1.09. The predicted octanol–water partition coefficient (Wildman–Crippen LogP) is 2.00. The first kappa shape index (κ1) is 20.6. The summed E-state index contributed by atoms with van der Waals surface area (Å²) in [4.78, 5) is 2.35. The molecule has 9 heteroatoms. The number of hydrogen-bond acceptors (Lipinski definition) is 6. The van der Waals surface area contributed by atoms with Crippen LogP contribution in [0.4, 0.5) is 5.69 Å². The van der Waals surface area contributed by atoms with E-state index in [-0.39, 0.29) is 15.8 Å². The number of nitrogens with zero attached hydrogens (tertiary/aromatic N) is 2. The second-order valence-corrected chi connectivity index (χ2v) is 10.8. The molecule has 2 aromatic rings. The molecule has 0 unspecified atom stereocenters. The quantitative estimate of drug-likeness (QED) is 0.730. The van der Waals surface area contributed by atoms with Crippen molar-refractivity contribution in [3.05, 3.63) is 48.5 Å². The lowest BCUT2D eigenvalue weighted by Crippen LogP contribution is -2.53. The van der Waals surface area contributed by atoms with Crippen LogP contribution in [-0.4, -0.2) is 60.2 Å². The third kappa shape index (κ3) is 4.16. The topological polar surface area (TPSA) is 84.0 Å². The second-order valence-electron chi connectivity index (χ2n) is 6.85. The summed E-state index contributed by atoms with van der Waals surface area (Å²) >= 11 is 0. The molecule has 28 heavy (non-hydrogen) atoms. The number of benzene rings is 2. The van der Waals surface area contributed by atoms with Gasteiger partial charge in [-0.3, -0.25) is 0 Å². The van der Waals surface area contributed by atoms with Gasteiger partial charge in [-0.15, -0.1) is 0 Å². The standard InChI is InChI=1S/C19H24N2O5S2/c1-15-14-20(11-12-21(15)16-5-4-6-17(13-16)26-2)28(24,25)19-9-7-18(8-10-19)27(3,22)23/h4-10,13,15H,11-12,14H2,1-3H3/t15-/m0/s1. The van der Waals surface area contributed by atoms with Gasteiger partial charge in [-0.05, 0) is 43.3 Å². The number of piperazine rings is 1. The van der Waals surface area contributed by atoms with Crippen LogP contribution in [0, 0.1) is 0 Å². The van der Waals surface area contributed by atoms with Crippen molar-refractivity contribution >= 4 is 25.5 Å². The first-order chi connectivity index (χ1) is 13.1. The summed E-state index contributed by atoms with van der Waals surface area (Å²) in [6.45, 7) is 3.22. The van der Waals surface area contributed by atoms with Gasteiger partial charge in [0, 0.05) is 43.7 Å². The van der Waals surface area contributed by atoms with Crippen molar-refractivity contribution in [1.82, 2.24) is 4.31 Å². The molecule has 0 amide bonds. The van der Waals surface area contributed by atoms with E-state index in [0.717, 1.165) is 17.7 Å². The Kier molecular flexibility index (Phi) is 5.69. The maximum Gasteiger partial charge on any atom is 0.243 e. The third-order valence-electron chi connectivity index (χ3n) is 4.86. The predicted molar refractivity (Wildman–Crippen MR) is 108 cm³/mol. The van der Waals surface area contributed by atoms with Gasteiger partial charge in [0.15, 0.2) is 9.84 Å². The first-order valence-electron chi connectivity index (χ1n) is 8.84. The average molecular weight is 425 g/mol. The molecule has 7 nitrogen and oxygen atoms in total. The Morgan fingerprint density at radius 2 is 1.61 bits per heavy atom. The minimum Gasteiger partial charge on any atom is -0.497 e. The minimum atomic E-state index is -3.69. The summed E-state index contributed by atoms with van der Waals surface area (Å²) < 4.78 is 55.8. The highest BCUT2D eigenvalue weighted by Gasteiger charge is 2.32. The molecule has 1 heterocycles. The number of sulfonamides is 1.